The third-order valence-corrected chi connectivity index (χ3v) is 3.12. The lowest BCUT2D eigenvalue weighted by molar-refractivity contribution is -0.136. The molecule has 18 heavy (non-hydrogen) atoms. The van der Waals surface area contributed by atoms with Gasteiger partial charge >= 0.3 is 0 Å². The zero-order chi connectivity index (χ0) is 13.0. The van der Waals surface area contributed by atoms with Crippen LogP contribution < -0.4 is 11.3 Å². The molecule has 98 valence electrons. The van der Waals surface area contributed by atoms with E-state index in [9.17, 15) is 9.59 Å². The van der Waals surface area contributed by atoms with Crippen molar-refractivity contribution in [2.45, 2.75) is 19.4 Å². The Labute approximate surface area is 104 Å². The molecular weight excluding hydrogens is 236 g/mol. The molecular formula is C10H16N6O2. The van der Waals surface area contributed by atoms with E-state index in [0.29, 0.717) is 25.9 Å². The Morgan fingerprint density at radius 2 is 2.11 bits per heavy atom. The van der Waals surface area contributed by atoms with Gasteiger partial charge in [-0.2, -0.15) is 5.10 Å². The summed E-state index contributed by atoms with van der Waals surface area (Å²) >= 11 is 0. The summed E-state index contributed by atoms with van der Waals surface area (Å²) in [5.74, 6) is 4.84. The van der Waals surface area contributed by atoms with Crippen LogP contribution in [0.5, 0.6) is 0 Å². The van der Waals surface area contributed by atoms with Crippen LogP contribution in [0.1, 0.15) is 12.8 Å². The van der Waals surface area contributed by atoms with Crippen molar-refractivity contribution in [2.24, 2.45) is 11.8 Å². The highest BCUT2D eigenvalue weighted by Gasteiger charge is 2.26. The van der Waals surface area contributed by atoms with Crippen molar-refractivity contribution in [1.29, 1.82) is 0 Å². The van der Waals surface area contributed by atoms with E-state index in [1.54, 1.807) is 4.90 Å². The molecule has 0 spiro atoms. The minimum atomic E-state index is -0.154. The molecule has 0 atom stereocenters. The van der Waals surface area contributed by atoms with E-state index in [-0.39, 0.29) is 24.3 Å². The van der Waals surface area contributed by atoms with Crippen LogP contribution in [0.3, 0.4) is 0 Å². The summed E-state index contributed by atoms with van der Waals surface area (Å²) in [5, 5.41) is 3.88. The molecule has 1 aliphatic rings. The molecule has 1 aliphatic heterocycles. The molecule has 0 saturated carbocycles. The molecule has 1 saturated heterocycles. The van der Waals surface area contributed by atoms with Crippen molar-refractivity contribution in [3.05, 3.63) is 12.7 Å². The predicted octanol–water partition coefficient (Wildman–Crippen LogP) is -1.49. The van der Waals surface area contributed by atoms with Gasteiger partial charge in [-0.25, -0.2) is 15.5 Å². The summed E-state index contributed by atoms with van der Waals surface area (Å²) in [6, 6.07) is 0. The maximum Gasteiger partial charge on any atom is 0.244 e. The van der Waals surface area contributed by atoms with Gasteiger partial charge in [-0.3, -0.25) is 15.0 Å². The first kappa shape index (κ1) is 12.5. The summed E-state index contributed by atoms with van der Waals surface area (Å²) in [6.45, 7) is 1.34. The Morgan fingerprint density at radius 3 is 2.67 bits per heavy atom. The van der Waals surface area contributed by atoms with E-state index in [2.05, 4.69) is 15.5 Å². The second kappa shape index (κ2) is 5.58. The second-order valence-corrected chi connectivity index (χ2v) is 4.26. The summed E-state index contributed by atoms with van der Waals surface area (Å²) in [7, 11) is 0. The number of rotatable bonds is 3. The quantitative estimate of drug-likeness (QED) is 0.387. The smallest absolute Gasteiger partial charge is 0.244 e. The lowest BCUT2D eigenvalue weighted by Gasteiger charge is -2.30. The topological polar surface area (TPSA) is 106 Å². The van der Waals surface area contributed by atoms with Crippen LogP contribution in [0.2, 0.25) is 0 Å². The molecule has 1 aromatic rings. The van der Waals surface area contributed by atoms with Crippen molar-refractivity contribution < 1.29 is 9.59 Å². The molecule has 0 unspecified atom stereocenters. The number of nitrogens with two attached hydrogens (primary N) is 1. The van der Waals surface area contributed by atoms with E-state index in [1.165, 1.54) is 17.3 Å². The molecule has 0 radical (unpaired) electrons. The Hall–Kier alpha value is -1.96. The average Bonchev–Trinajstić information content (AvgIpc) is 2.91. The summed E-state index contributed by atoms with van der Waals surface area (Å²) < 4.78 is 1.49. The van der Waals surface area contributed by atoms with E-state index in [4.69, 9.17) is 5.84 Å². The van der Waals surface area contributed by atoms with Gasteiger partial charge in [-0.1, -0.05) is 0 Å². The van der Waals surface area contributed by atoms with Crippen molar-refractivity contribution in [3.63, 3.8) is 0 Å². The molecule has 0 bridgehead atoms. The van der Waals surface area contributed by atoms with Gasteiger partial charge in [-0.15, -0.1) is 0 Å². The number of piperidine rings is 1. The molecule has 8 heteroatoms. The first-order chi connectivity index (χ1) is 8.70. The fraction of sp³-hybridized carbons (Fsp3) is 0.600. The standard InChI is InChI=1S/C10H16N6O2/c11-14-10(18)8-1-3-15(4-2-8)9(17)5-16-7-12-6-13-16/h6-8H,1-5,11H2,(H,14,18). The number of hydrogen-bond acceptors (Lipinski definition) is 5. The summed E-state index contributed by atoms with van der Waals surface area (Å²) in [6.07, 6.45) is 4.19. The molecule has 3 N–H and O–H groups in total. The maximum atomic E-state index is 11.9. The summed E-state index contributed by atoms with van der Waals surface area (Å²) in [5.41, 5.74) is 2.15. The third kappa shape index (κ3) is 2.83. The van der Waals surface area contributed by atoms with E-state index in [1.807, 2.05) is 0 Å². The fourth-order valence-corrected chi connectivity index (χ4v) is 2.06. The van der Waals surface area contributed by atoms with Crippen molar-refractivity contribution >= 4 is 11.8 Å². The number of carbonyl (C=O) groups is 2. The molecule has 0 aliphatic carbocycles. The molecule has 8 nitrogen and oxygen atoms in total. The molecule has 1 aromatic heterocycles. The third-order valence-electron chi connectivity index (χ3n) is 3.12. The van der Waals surface area contributed by atoms with Gasteiger partial charge in [0.25, 0.3) is 0 Å². The predicted molar refractivity (Wildman–Crippen MR) is 61.7 cm³/mol. The number of carbonyl (C=O) groups excluding carboxylic acids is 2. The van der Waals surface area contributed by atoms with Gasteiger partial charge in [0, 0.05) is 19.0 Å². The van der Waals surface area contributed by atoms with Crippen molar-refractivity contribution in [3.8, 4) is 0 Å². The normalized spacial score (nSPS) is 16.6. The van der Waals surface area contributed by atoms with Crippen LogP contribution in [0.15, 0.2) is 12.7 Å². The van der Waals surface area contributed by atoms with Crippen LogP contribution in [0.4, 0.5) is 0 Å². The minimum Gasteiger partial charge on any atom is -0.341 e. The van der Waals surface area contributed by atoms with Crippen LogP contribution >= 0.6 is 0 Å². The highest BCUT2D eigenvalue weighted by atomic mass is 16.2. The molecule has 2 amide bonds. The number of nitrogens with zero attached hydrogens (tertiary/aromatic N) is 4. The van der Waals surface area contributed by atoms with Gasteiger partial charge in [0.1, 0.15) is 19.2 Å². The SMILES string of the molecule is NNC(=O)C1CCN(C(=O)Cn2cncn2)CC1. The van der Waals surface area contributed by atoms with Crippen molar-refractivity contribution in [2.75, 3.05) is 13.1 Å². The first-order valence-electron chi connectivity index (χ1n) is 5.81. The number of hydrogen-bond donors (Lipinski definition) is 2. The van der Waals surface area contributed by atoms with Gasteiger partial charge < -0.3 is 4.90 Å². The van der Waals surface area contributed by atoms with E-state index < -0.39 is 0 Å². The van der Waals surface area contributed by atoms with E-state index >= 15 is 0 Å². The largest absolute Gasteiger partial charge is 0.341 e. The van der Waals surface area contributed by atoms with Crippen LogP contribution in [0, 0.1) is 5.92 Å². The van der Waals surface area contributed by atoms with Crippen LogP contribution in [-0.4, -0.2) is 44.6 Å². The second-order valence-electron chi connectivity index (χ2n) is 4.26. The number of amides is 2. The fourth-order valence-electron chi connectivity index (χ4n) is 2.06. The number of hydrazine groups is 1. The highest BCUT2D eigenvalue weighted by Crippen LogP contribution is 2.17. The van der Waals surface area contributed by atoms with Crippen LogP contribution in [-0.2, 0) is 16.1 Å². The Bertz CT molecular complexity index is 410. The zero-order valence-corrected chi connectivity index (χ0v) is 9.95. The van der Waals surface area contributed by atoms with Gasteiger partial charge in [0.2, 0.25) is 11.8 Å². The zero-order valence-electron chi connectivity index (χ0n) is 9.95. The number of aromatic nitrogens is 3. The number of likely N-dealkylation sites (tertiary alicyclic amines) is 1. The number of nitrogens with one attached hydrogen (secondary N) is 1. The molecule has 2 rings (SSSR count). The molecule has 2 heterocycles. The minimum absolute atomic E-state index is 0.00731. The molecule has 0 aromatic carbocycles. The van der Waals surface area contributed by atoms with E-state index in [0.717, 1.165) is 0 Å². The van der Waals surface area contributed by atoms with Gasteiger partial charge in [0.15, 0.2) is 0 Å². The summed E-state index contributed by atoms with van der Waals surface area (Å²) in [4.78, 5) is 28.8. The highest BCUT2D eigenvalue weighted by molar-refractivity contribution is 5.79. The van der Waals surface area contributed by atoms with Crippen molar-refractivity contribution in [1.82, 2.24) is 25.1 Å². The Balaban J connectivity index is 1.82. The van der Waals surface area contributed by atoms with Gasteiger partial charge in [-0.05, 0) is 12.8 Å². The average molecular weight is 252 g/mol. The first-order valence-corrected chi connectivity index (χ1v) is 5.81. The Morgan fingerprint density at radius 1 is 1.39 bits per heavy atom. The van der Waals surface area contributed by atoms with Crippen LogP contribution in [0.25, 0.3) is 0 Å². The molecule has 1 fully saturated rings. The lowest BCUT2D eigenvalue weighted by Crippen LogP contribution is -2.45. The Kier molecular flexibility index (Phi) is 3.88. The lowest BCUT2D eigenvalue weighted by atomic mass is 9.96. The maximum absolute atomic E-state index is 11.9. The van der Waals surface area contributed by atoms with Gasteiger partial charge in [0.05, 0.1) is 0 Å². The monoisotopic (exact) mass is 252 g/mol.